The van der Waals surface area contributed by atoms with Crippen molar-refractivity contribution in [3.63, 3.8) is 0 Å². The van der Waals surface area contributed by atoms with E-state index in [9.17, 15) is 4.79 Å². The molecule has 4 heteroatoms. The Morgan fingerprint density at radius 1 is 1.44 bits per heavy atom. The molecular formula is C14H23N3O. The van der Waals surface area contributed by atoms with E-state index in [1.807, 2.05) is 11.0 Å². The Morgan fingerprint density at radius 2 is 2.17 bits per heavy atom. The fraction of sp³-hybridized carbons (Fsp3) is 0.500. The number of nitrogens with zero attached hydrogens (tertiary/aromatic N) is 1. The fourth-order valence-electron chi connectivity index (χ4n) is 1.67. The number of anilines is 1. The Morgan fingerprint density at radius 3 is 2.72 bits per heavy atom. The number of benzene rings is 1. The number of amides is 1. The molecule has 0 saturated carbocycles. The molecule has 0 aliphatic rings. The van der Waals surface area contributed by atoms with Gasteiger partial charge in [0.25, 0.3) is 5.91 Å². The molecule has 0 bridgehead atoms. The number of nitrogen functional groups attached to an aromatic ring is 1. The van der Waals surface area contributed by atoms with Gasteiger partial charge in [0.2, 0.25) is 0 Å². The normalized spacial score (nSPS) is 10.7. The fourth-order valence-corrected chi connectivity index (χ4v) is 1.67. The van der Waals surface area contributed by atoms with Gasteiger partial charge in [-0.3, -0.25) is 10.1 Å². The van der Waals surface area contributed by atoms with Gasteiger partial charge >= 0.3 is 0 Å². The van der Waals surface area contributed by atoms with Crippen molar-refractivity contribution in [2.24, 2.45) is 0 Å². The standard InChI is InChI=1S/C14H23N3O/c1-4-8-17(10-16-11(2)3)14(18)12-6-5-7-13(15)9-12/h5-7,9,11,16H,4,8,10,15H2,1-3H3. The van der Waals surface area contributed by atoms with Gasteiger partial charge in [0.05, 0.1) is 6.67 Å². The van der Waals surface area contributed by atoms with Crippen LogP contribution in [0.5, 0.6) is 0 Å². The van der Waals surface area contributed by atoms with Gasteiger partial charge in [0.15, 0.2) is 0 Å². The molecule has 0 heterocycles. The third-order valence-corrected chi connectivity index (χ3v) is 2.60. The average Bonchev–Trinajstić information content (AvgIpc) is 2.33. The lowest BCUT2D eigenvalue weighted by Crippen LogP contribution is -2.41. The molecule has 0 aliphatic carbocycles. The molecule has 1 aromatic carbocycles. The third-order valence-electron chi connectivity index (χ3n) is 2.60. The minimum absolute atomic E-state index is 0.0253. The summed E-state index contributed by atoms with van der Waals surface area (Å²) in [4.78, 5) is 14.1. The van der Waals surface area contributed by atoms with E-state index in [1.54, 1.807) is 18.2 Å². The molecule has 0 unspecified atom stereocenters. The van der Waals surface area contributed by atoms with Crippen LogP contribution in [-0.4, -0.2) is 30.1 Å². The van der Waals surface area contributed by atoms with E-state index in [1.165, 1.54) is 0 Å². The van der Waals surface area contributed by atoms with Gasteiger partial charge in [-0.15, -0.1) is 0 Å². The van der Waals surface area contributed by atoms with Crippen LogP contribution in [-0.2, 0) is 0 Å². The molecule has 0 spiro atoms. The minimum Gasteiger partial charge on any atom is -0.399 e. The van der Waals surface area contributed by atoms with Gasteiger partial charge in [-0.2, -0.15) is 0 Å². The van der Waals surface area contributed by atoms with E-state index >= 15 is 0 Å². The minimum atomic E-state index is 0.0253. The quantitative estimate of drug-likeness (QED) is 0.599. The van der Waals surface area contributed by atoms with Crippen LogP contribution in [0.3, 0.4) is 0 Å². The second-order valence-electron chi connectivity index (χ2n) is 4.71. The Balaban J connectivity index is 2.75. The predicted octanol–water partition coefficient (Wildman–Crippen LogP) is 2.08. The van der Waals surface area contributed by atoms with E-state index < -0.39 is 0 Å². The lowest BCUT2D eigenvalue weighted by atomic mass is 10.2. The summed E-state index contributed by atoms with van der Waals surface area (Å²) >= 11 is 0. The summed E-state index contributed by atoms with van der Waals surface area (Å²) in [5.41, 5.74) is 6.97. The highest BCUT2D eigenvalue weighted by Crippen LogP contribution is 2.09. The van der Waals surface area contributed by atoms with Crippen molar-refractivity contribution >= 4 is 11.6 Å². The Hall–Kier alpha value is -1.55. The Bertz CT molecular complexity index is 390. The van der Waals surface area contributed by atoms with Gasteiger partial charge in [-0.05, 0) is 38.5 Å². The monoisotopic (exact) mass is 249 g/mol. The van der Waals surface area contributed by atoms with Gasteiger partial charge in [-0.1, -0.05) is 13.0 Å². The molecule has 0 aliphatic heterocycles. The second kappa shape index (κ2) is 7.01. The van der Waals surface area contributed by atoms with E-state index in [4.69, 9.17) is 5.73 Å². The number of rotatable bonds is 6. The second-order valence-corrected chi connectivity index (χ2v) is 4.71. The van der Waals surface area contributed by atoms with Crippen LogP contribution in [0.1, 0.15) is 37.6 Å². The first-order chi connectivity index (χ1) is 8.54. The predicted molar refractivity (Wildman–Crippen MR) is 75.3 cm³/mol. The summed E-state index contributed by atoms with van der Waals surface area (Å²) in [7, 11) is 0. The largest absolute Gasteiger partial charge is 0.399 e. The topological polar surface area (TPSA) is 58.4 Å². The molecule has 1 rings (SSSR count). The van der Waals surface area contributed by atoms with Crippen molar-refractivity contribution in [2.75, 3.05) is 18.9 Å². The molecule has 18 heavy (non-hydrogen) atoms. The number of hydrogen-bond donors (Lipinski definition) is 2. The van der Waals surface area contributed by atoms with Crippen LogP contribution >= 0.6 is 0 Å². The van der Waals surface area contributed by atoms with E-state index in [0.29, 0.717) is 24.0 Å². The lowest BCUT2D eigenvalue weighted by Gasteiger charge is -2.24. The third kappa shape index (κ3) is 4.37. The Kier molecular flexibility index (Phi) is 5.65. The molecule has 0 saturated heterocycles. The Labute approximate surface area is 109 Å². The lowest BCUT2D eigenvalue weighted by molar-refractivity contribution is 0.0738. The number of carbonyl (C=O) groups excluding carboxylic acids is 1. The molecule has 3 N–H and O–H groups in total. The highest BCUT2D eigenvalue weighted by atomic mass is 16.2. The van der Waals surface area contributed by atoms with Crippen molar-refractivity contribution in [2.45, 2.75) is 33.2 Å². The number of carbonyl (C=O) groups is 1. The van der Waals surface area contributed by atoms with Crippen molar-refractivity contribution < 1.29 is 4.79 Å². The van der Waals surface area contributed by atoms with Gasteiger partial charge in [0, 0.05) is 23.8 Å². The summed E-state index contributed by atoms with van der Waals surface area (Å²) in [6.07, 6.45) is 0.938. The van der Waals surface area contributed by atoms with Crippen molar-refractivity contribution in [3.8, 4) is 0 Å². The van der Waals surface area contributed by atoms with Crippen molar-refractivity contribution in [3.05, 3.63) is 29.8 Å². The van der Waals surface area contributed by atoms with E-state index in [-0.39, 0.29) is 5.91 Å². The molecule has 0 fully saturated rings. The van der Waals surface area contributed by atoms with Gasteiger partial charge < -0.3 is 10.6 Å². The molecule has 0 atom stereocenters. The maximum Gasteiger partial charge on any atom is 0.254 e. The first kappa shape index (κ1) is 14.5. The summed E-state index contributed by atoms with van der Waals surface area (Å²) in [6, 6.07) is 7.48. The first-order valence-corrected chi connectivity index (χ1v) is 6.42. The van der Waals surface area contributed by atoms with Crippen LogP contribution in [0, 0.1) is 0 Å². The molecule has 0 aromatic heterocycles. The summed E-state index contributed by atoms with van der Waals surface area (Å²) < 4.78 is 0. The summed E-state index contributed by atoms with van der Waals surface area (Å²) in [6.45, 7) is 7.51. The average molecular weight is 249 g/mol. The van der Waals surface area contributed by atoms with Crippen LogP contribution < -0.4 is 11.1 Å². The van der Waals surface area contributed by atoms with E-state index in [2.05, 4.69) is 26.1 Å². The zero-order valence-corrected chi connectivity index (χ0v) is 11.4. The molecule has 100 valence electrons. The maximum absolute atomic E-state index is 12.3. The smallest absolute Gasteiger partial charge is 0.254 e. The maximum atomic E-state index is 12.3. The zero-order valence-electron chi connectivity index (χ0n) is 11.4. The van der Waals surface area contributed by atoms with Crippen LogP contribution in [0.15, 0.2) is 24.3 Å². The van der Waals surface area contributed by atoms with Gasteiger partial charge in [0.1, 0.15) is 0 Å². The van der Waals surface area contributed by atoms with Crippen LogP contribution in [0.25, 0.3) is 0 Å². The molecular weight excluding hydrogens is 226 g/mol. The van der Waals surface area contributed by atoms with Gasteiger partial charge in [-0.25, -0.2) is 0 Å². The van der Waals surface area contributed by atoms with Crippen LogP contribution in [0.2, 0.25) is 0 Å². The summed E-state index contributed by atoms with van der Waals surface area (Å²) in [5.74, 6) is 0.0253. The molecule has 1 amide bonds. The van der Waals surface area contributed by atoms with Crippen LogP contribution in [0.4, 0.5) is 5.69 Å². The molecule has 1 aromatic rings. The number of hydrogen-bond acceptors (Lipinski definition) is 3. The highest BCUT2D eigenvalue weighted by molar-refractivity contribution is 5.95. The van der Waals surface area contributed by atoms with Crippen molar-refractivity contribution in [1.82, 2.24) is 10.2 Å². The van der Waals surface area contributed by atoms with E-state index in [0.717, 1.165) is 13.0 Å². The highest BCUT2D eigenvalue weighted by Gasteiger charge is 2.14. The molecule has 4 nitrogen and oxygen atoms in total. The molecule has 0 radical (unpaired) electrons. The zero-order chi connectivity index (χ0) is 13.5. The SMILES string of the molecule is CCCN(CNC(C)C)C(=O)c1cccc(N)c1. The first-order valence-electron chi connectivity index (χ1n) is 6.42. The van der Waals surface area contributed by atoms with Crippen molar-refractivity contribution in [1.29, 1.82) is 0 Å². The number of nitrogens with one attached hydrogen (secondary N) is 1. The number of nitrogens with two attached hydrogens (primary N) is 1. The summed E-state index contributed by atoms with van der Waals surface area (Å²) in [5, 5.41) is 3.27.